The average Bonchev–Trinajstić information content (AvgIpc) is 3.13. The lowest BCUT2D eigenvalue weighted by Gasteiger charge is -2.23. The lowest BCUT2D eigenvalue weighted by atomic mass is 9.88. The maximum absolute atomic E-state index is 13.9. The Balaban J connectivity index is 1.58. The molecule has 1 aliphatic rings. The minimum atomic E-state index is -0.246. The number of anilines is 2. The molecule has 2 aromatic heterocycles. The maximum atomic E-state index is 13.9. The molecule has 35 heavy (non-hydrogen) atoms. The van der Waals surface area contributed by atoms with Crippen LogP contribution in [0, 0.1) is 5.82 Å². The SMILES string of the molecule is CN(C)c1nc2ccccc2cc1C1CC(=O)Nc2cccc3c2c1cn3Cc1cccc(F)c1. The third kappa shape index (κ3) is 3.71. The molecule has 1 unspecified atom stereocenters. The van der Waals surface area contributed by atoms with Crippen LogP contribution in [0.3, 0.4) is 0 Å². The maximum Gasteiger partial charge on any atom is 0.225 e. The number of hydrogen-bond donors (Lipinski definition) is 1. The first-order chi connectivity index (χ1) is 17.0. The Morgan fingerprint density at radius 2 is 1.86 bits per heavy atom. The van der Waals surface area contributed by atoms with Crippen LogP contribution >= 0.6 is 0 Å². The molecule has 1 atom stereocenters. The smallest absolute Gasteiger partial charge is 0.225 e. The number of carbonyl (C=O) groups is 1. The molecule has 1 aliphatic heterocycles. The van der Waals surface area contributed by atoms with Crippen molar-refractivity contribution >= 4 is 39.2 Å². The summed E-state index contributed by atoms with van der Waals surface area (Å²) in [5.41, 5.74) is 5.72. The lowest BCUT2D eigenvalue weighted by Crippen LogP contribution is -2.18. The highest BCUT2D eigenvalue weighted by molar-refractivity contribution is 6.06. The van der Waals surface area contributed by atoms with Gasteiger partial charge < -0.3 is 14.8 Å². The summed E-state index contributed by atoms with van der Waals surface area (Å²) in [7, 11) is 3.96. The quantitative estimate of drug-likeness (QED) is 0.359. The van der Waals surface area contributed by atoms with Crippen molar-refractivity contribution in [2.45, 2.75) is 18.9 Å². The summed E-state index contributed by atoms with van der Waals surface area (Å²) in [6, 6.07) is 22.9. The zero-order valence-electron chi connectivity index (χ0n) is 19.6. The second-order valence-corrected chi connectivity index (χ2v) is 9.34. The van der Waals surface area contributed by atoms with Crippen LogP contribution < -0.4 is 10.2 Å². The number of rotatable bonds is 4. The molecule has 5 aromatic rings. The van der Waals surface area contributed by atoms with E-state index in [-0.39, 0.29) is 17.6 Å². The van der Waals surface area contributed by atoms with Crippen LogP contribution in [0.25, 0.3) is 21.8 Å². The number of amides is 1. The number of fused-ring (bicyclic) bond motifs is 1. The van der Waals surface area contributed by atoms with Gasteiger partial charge in [-0.3, -0.25) is 4.79 Å². The fourth-order valence-electron chi connectivity index (χ4n) is 5.23. The molecule has 0 saturated heterocycles. The van der Waals surface area contributed by atoms with Gasteiger partial charge in [0.1, 0.15) is 11.6 Å². The summed E-state index contributed by atoms with van der Waals surface area (Å²) in [6.45, 7) is 0.537. The van der Waals surface area contributed by atoms with E-state index in [0.29, 0.717) is 13.0 Å². The normalized spacial score (nSPS) is 15.3. The van der Waals surface area contributed by atoms with Crippen molar-refractivity contribution < 1.29 is 9.18 Å². The Morgan fingerprint density at radius 1 is 1.03 bits per heavy atom. The number of halogens is 1. The number of nitrogens with zero attached hydrogens (tertiary/aromatic N) is 3. The van der Waals surface area contributed by atoms with Gasteiger partial charge in [-0.05, 0) is 47.5 Å². The van der Waals surface area contributed by atoms with Crippen molar-refractivity contribution in [2.24, 2.45) is 0 Å². The number of hydrogen-bond acceptors (Lipinski definition) is 3. The Bertz CT molecular complexity index is 1600. The van der Waals surface area contributed by atoms with Crippen molar-refractivity contribution in [3.8, 4) is 0 Å². The van der Waals surface area contributed by atoms with Crippen LogP contribution in [0.15, 0.2) is 79.0 Å². The molecule has 1 amide bonds. The predicted molar refractivity (Wildman–Crippen MR) is 139 cm³/mol. The van der Waals surface area contributed by atoms with E-state index >= 15 is 0 Å². The van der Waals surface area contributed by atoms with Gasteiger partial charge in [0, 0.05) is 55.5 Å². The van der Waals surface area contributed by atoms with Gasteiger partial charge in [-0.25, -0.2) is 9.37 Å². The summed E-state index contributed by atoms with van der Waals surface area (Å²) >= 11 is 0. The molecule has 174 valence electrons. The Kier molecular flexibility index (Phi) is 5.02. The summed E-state index contributed by atoms with van der Waals surface area (Å²) in [6.07, 6.45) is 2.44. The third-order valence-corrected chi connectivity index (χ3v) is 6.75. The molecule has 0 saturated carbocycles. The van der Waals surface area contributed by atoms with E-state index in [9.17, 15) is 9.18 Å². The fraction of sp³-hybridized carbons (Fsp3) is 0.172. The first kappa shape index (κ1) is 21.4. The van der Waals surface area contributed by atoms with Gasteiger partial charge in [0.05, 0.1) is 16.7 Å². The second kappa shape index (κ2) is 8.24. The molecule has 1 N–H and O–H groups in total. The number of para-hydroxylation sites is 1. The Morgan fingerprint density at radius 3 is 2.69 bits per heavy atom. The van der Waals surface area contributed by atoms with E-state index in [0.717, 1.165) is 50.0 Å². The average molecular weight is 465 g/mol. The zero-order valence-corrected chi connectivity index (χ0v) is 19.6. The highest BCUT2D eigenvalue weighted by Crippen LogP contribution is 2.43. The van der Waals surface area contributed by atoms with Crippen molar-refractivity contribution in [2.75, 3.05) is 24.3 Å². The molecule has 0 radical (unpaired) electrons. The first-order valence-corrected chi connectivity index (χ1v) is 11.7. The highest BCUT2D eigenvalue weighted by Gasteiger charge is 2.30. The van der Waals surface area contributed by atoms with Gasteiger partial charge in [-0.15, -0.1) is 0 Å². The Labute approximate surface area is 202 Å². The van der Waals surface area contributed by atoms with E-state index in [4.69, 9.17) is 4.98 Å². The van der Waals surface area contributed by atoms with Crippen LogP contribution in [-0.2, 0) is 11.3 Å². The molecule has 3 heterocycles. The number of nitrogens with one attached hydrogen (secondary N) is 1. The molecule has 6 heteroatoms. The molecule has 6 rings (SSSR count). The second-order valence-electron chi connectivity index (χ2n) is 9.34. The van der Waals surface area contributed by atoms with Crippen LogP contribution in [0.5, 0.6) is 0 Å². The number of carbonyl (C=O) groups excluding carboxylic acids is 1. The number of pyridine rings is 1. The van der Waals surface area contributed by atoms with Gasteiger partial charge in [-0.1, -0.05) is 36.4 Å². The molecule has 3 aromatic carbocycles. The standard InChI is InChI=1S/C29H25FN4O/c1-33(2)29-22(14-19-8-3-4-10-24(19)32-29)21-15-27(35)31-25-11-6-12-26-28(25)23(21)17-34(26)16-18-7-5-9-20(30)13-18/h3-14,17,21H,15-16H2,1-2H3,(H,31,35). The highest BCUT2D eigenvalue weighted by atomic mass is 19.1. The van der Waals surface area contributed by atoms with Crippen LogP contribution in [-0.4, -0.2) is 29.6 Å². The van der Waals surface area contributed by atoms with E-state index in [1.54, 1.807) is 12.1 Å². The molecular weight excluding hydrogens is 439 g/mol. The molecule has 0 fully saturated rings. The monoisotopic (exact) mass is 464 g/mol. The van der Waals surface area contributed by atoms with Crippen molar-refractivity contribution in [1.29, 1.82) is 0 Å². The number of aromatic nitrogens is 2. The van der Waals surface area contributed by atoms with Crippen LogP contribution in [0.2, 0.25) is 0 Å². The summed E-state index contributed by atoms with van der Waals surface area (Å²) < 4.78 is 16.0. The molecule has 5 nitrogen and oxygen atoms in total. The fourth-order valence-corrected chi connectivity index (χ4v) is 5.23. The van der Waals surface area contributed by atoms with Crippen molar-refractivity contribution in [3.63, 3.8) is 0 Å². The van der Waals surface area contributed by atoms with Crippen molar-refractivity contribution in [1.82, 2.24) is 9.55 Å². The van der Waals surface area contributed by atoms with Crippen LogP contribution in [0.1, 0.15) is 29.0 Å². The molecule has 0 aliphatic carbocycles. The van der Waals surface area contributed by atoms with Gasteiger partial charge in [0.2, 0.25) is 5.91 Å². The third-order valence-electron chi connectivity index (χ3n) is 6.75. The van der Waals surface area contributed by atoms with E-state index in [1.807, 2.05) is 55.4 Å². The van der Waals surface area contributed by atoms with Crippen LogP contribution in [0.4, 0.5) is 15.9 Å². The van der Waals surface area contributed by atoms with Gasteiger partial charge in [-0.2, -0.15) is 0 Å². The van der Waals surface area contributed by atoms with E-state index in [2.05, 4.69) is 34.3 Å². The topological polar surface area (TPSA) is 50.2 Å². The largest absolute Gasteiger partial charge is 0.362 e. The van der Waals surface area contributed by atoms with Gasteiger partial charge in [0.25, 0.3) is 0 Å². The Hall–Kier alpha value is -4.19. The minimum Gasteiger partial charge on any atom is -0.362 e. The minimum absolute atomic E-state index is 0.0201. The number of benzene rings is 3. The zero-order chi connectivity index (χ0) is 24.1. The molecule has 0 spiro atoms. The first-order valence-electron chi connectivity index (χ1n) is 11.7. The summed E-state index contributed by atoms with van der Waals surface area (Å²) in [5, 5.41) is 5.18. The molecular formula is C29H25FN4O. The predicted octanol–water partition coefficient (Wildman–Crippen LogP) is 5.92. The van der Waals surface area contributed by atoms with Gasteiger partial charge >= 0.3 is 0 Å². The molecule has 0 bridgehead atoms. The van der Waals surface area contributed by atoms with E-state index < -0.39 is 0 Å². The summed E-state index contributed by atoms with van der Waals surface area (Å²) in [4.78, 5) is 20.0. The van der Waals surface area contributed by atoms with Gasteiger partial charge in [0.15, 0.2) is 0 Å². The van der Waals surface area contributed by atoms with Crippen molar-refractivity contribution in [3.05, 3.63) is 102 Å². The van der Waals surface area contributed by atoms with E-state index in [1.165, 1.54) is 6.07 Å². The summed E-state index contributed by atoms with van der Waals surface area (Å²) in [5.74, 6) is 0.411. The lowest BCUT2D eigenvalue weighted by molar-refractivity contribution is -0.116.